The highest BCUT2D eigenvalue weighted by atomic mass is 16.5. The highest BCUT2D eigenvalue weighted by molar-refractivity contribution is 6.05. The van der Waals surface area contributed by atoms with Gasteiger partial charge in [-0.3, -0.25) is 0 Å². The average molecular weight is 366 g/mol. The number of nitrogens with two attached hydrogens (primary N) is 2. The van der Waals surface area contributed by atoms with Crippen LogP contribution in [0.15, 0.2) is 84.9 Å². The van der Waals surface area contributed by atoms with Crippen LogP contribution in [0.5, 0.6) is 23.0 Å². The lowest BCUT2D eigenvalue weighted by Gasteiger charge is -2.27. The van der Waals surface area contributed by atoms with E-state index in [4.69, 9.17) is 20.9 Å². The van der Waals surface area contributed by atoms with Crippen molar-refractivity contribution >= 4 is 11.4 Å². The largest absolute Gasteiger partial charge is 0.457 e. The number of hydrogen-bond acceptors (Lipinski definition) is 4. The van der Waals surface area contributed by atoms with E-state index in [0.717, 1.165) is 45.3 Å². The normalized spacial score (nSPS) is 11.1. The number of hydrogen-bond donors (Lipinski definition) is 2. The Morgan fingerprint density at radius 3 is 1.79 bits per heavy atom. The van der Waals surface area contributed by atoms with E-state index in [2.05, 4.69) is 18.2 Å². The van der Waals surface area contributed by atoms with Crippen molar-refractivity contribution in [1.29, 1.82) is 0 Å². The molecule has 4 aromatic rings. The van der Waals surface area contributed by atoms with Crippen LogP contribution in [0, 0.1) is 0 Å². The minimum atomic E-state index is 0.715. The van der Waals surface area contributed by atoms with E-state index in [9.17, 15) is 0 Å². The molecule has 136 valence electrons. The van der Waals surface area contributed by atoms with Crippen LogP contribution in [0.25, 0.3) is 22.3 Å². The van der Waals surface area contributed by atoms with Crippen LogP contribution in [0.1, 0.15) is 0 Å². The first-order valence-corrected chi connectivity index (χ1v) is 9.02. The molecular formula is C24H18N2O2. The summed E-state index contributed by atoms with van der Waals surface area (Å²) in [5.74, 6) is 3.15. The maximum atomic E-state index is 6.09. The highest BCUT2D eigenvalue weighted by Crippen LogP contribution is 2.53. The van der Waals surface area contributed by atoms with Crippen molar-refractivity contribution < 1.29 is 9.47 Å². The van der Waals surface area contributed by atoms with E-state index >= 15 is 0 Å². The Morgan fingerprint density at radius 2 is 1.11 bits per heavy atom. The summed E-state index contributed by atoms with van der Waals surface area (Å²) in [5.41, 5.74) is 17.5. The van der Waals surface area contributed by atoms with Gasteiger partial charge in [0, 0.05) is 16.9 Å². The van der Waals surface area contributed by atoms with E-state index in [1.807, 2.05) is 66.7 Å². The second-order valence-corrected chi connectivity index (χ2v) is 6.73. The first-order valence-electron chi connectivity index (χ1n) is 9.02. The van der Waals surface area contributed by atoms with Crippen LogP contribution < -0.4 is 20.9 Å². The summed E-state index contributed by atoms with van der Waals surface area (Å²) in [6.45, 7) is 0. The van der Waals surface area contributed by atoms with Gasteiger partial charge in [0.05, 0.1) is 0 Å². The zero-order chi connectivity index (χ0) is 19.1. The Balaban J connectivity index is 1.43. The Kier molecular flexibility index (Phi) is 3.69. The molecule has 28 heavy (non-hydrogen) atoms. The summed E-state index contributed by atoms with van der Waals surface area (Å²) in [6.07, 6.45) is 0. The number of nitrogen functional groups attached to an aromatic ring is 2. The number of ether oxygens (including phenoxy) is 2. The maximum Gasteiger partial charge on any atom is 0.135 e. The zero-order valence-corrected chi connectivity index (χ0v) is 15.1. The fraction of sp³-hybridized carbons (Fsp3) is 0. The van der Waals surface area contributed by atoms with Gasteiger partial charge in [-0.25, -0.2) is 0 Å². The number of fused-ring (bicyclic) bond motifs is 4. The molecule has 0 fully saturated rings. The van der Waals surface area contributed by atoms with Gasteiger partial charge < -0.3 is 20.9 Å². The van der Waals surface area contributed by atoms with Crippen molar-refractivity contribution in [1.82, 2.24) is 0 Å². The number of rotatable bonds is 4. The topological polar surface area (TPSA) is 70.5 Å². The summed E-state index contributed by atoms with van der Waals surface area (Å²) in [6, 6.07) is 27.0. The van der Waals surface area contributed by atoms with Crippen molar-refractivity contribution in [3.05, 3.63) is 84.9 Å². The molecule has 0 amide bonds. The fourth-order valence-corrected chi connectivity index (χ4v) is 3.42. The van der Waals surface area contributed by atoms with Crippen LogP contribution in [0.4, 0.5) is 11.4 Å². The molecule has 0 saturated carbocycles. The quantitative estimate of drug-likeness (QED) is 0.378. The zero-order valence-electron chi connectivity index (χ0n) is 15.1. The minimum absolute atomic E-state index is 0.715. The third-order valence-corrected chi connectivity index (χ3v) is 4.80. The van der Waals surface area contributed by atoms with E-state index in [-0.39, 0.29) is 0 Å². The molecule has 0 radical (unpaired) electrons. The van der Waals surface area contributed by atoms with E-state index in [1.165, 1.54) is 0 Å². The molecule has 4 heteroatoms. The van der Waals surface area contributed by atoms with Gasteiger partial charge in [0.1, 0.15) is 23.0 Å². The molecule has 0 saturated heterocycles. The maximum absolute atomic E-state index is 6.09. The predicted octanol–water partition coefficient (Wildman–Crippen LogP) is 6.08. The molecule has 4 nitrogen and oxygen atoms in total. The Bertz CT molecular complexity index is 1170. The molecular weight excluding hydrogens is 348 g/mol. The smallest absolute Gasteiger partial charge is 0.135 e. The Hall–Kier alpha value is -3.92. The van der Waals surface area contributed by atoms with Gasteiger partial charge in [-0.2, -0.15) is 0 Å². The summed E-state index contributed by atoms with van der Waals surface area (Å²) >= 11 is 0. The van der Waals surface area contributed by atoms with Crippen LogP contribution in [0.2, 0.25) is 0 Å². The number of anilines is 2. The Morgan fingerprint density at radius 1 is 0.500 bits per heavy atom. The van der Waals surface area contributed by atoms with E-state index < -0.39 is 0 Å². The average Bonchev–Trinajstić information content (AvgIpc) is 2.70. The molecule has 0 unspecified atom stereocenters. The van der Waals surface area contributed by atoms with Gasteiger partial charge >= 0.3 is 0 Å². The van der Waals surface area contributed by atoms with Crippen molar-refractivity contribution in [2.24, 2.45) is 0 Å². The van der Waals surface area contributed by atoms with Gasteiger partial charge in [-0.15, -0.1) is 0 Å². The van der Waals surface area contributed by atoms with Gasteiger partial charge in [0.25, 0.3) is 0 Å². The molecule has 0 bridgehead atoms. The first kappa shape index (κ1) is 16.3. The summed E-state index contributed by atoms with van der Waals surface area (Å²) in [7, 11) is 0. The molecule has 0 aromatic heterocycles. The van der Waals surface area contributed by atoms with E-state index in [0.29, 0.717) is 11.4 Å². The molecule has 0 heterocycles. The van der Waals surface area contributed by atoms with Gasteiger partial charge in [-0.05, 0) is 89.5 Å². The molecule has 4 aromatic carbocycles. The fourth-order valence-electron chi connectivity index (χ4n) is 3.42. The molecule has 0 aliphatic heterocycles. The van der Waals surface area contributed by atoms with Crippen molar-refractivity contribution in [3.63, 3.8) is 0 Å². The van der Waals surface area contributed by atoms with Gasteiger partial charge in [-0.1, -0.05) is 12.1 Å². The van der Waals surface area contributed by atoms with Gasteiger partial charge in [0.15, 0.2) is 0 Å². The van der Waals surface area contributed by atoms with E-state index in [1.54, 1.807) is 0 Å². The van der Waals surface area contributed by atoms with Crippen LogP contribution in [-0.4, -0.2) is 0 Å². The predicted molar refractivity (Wildman–Crippen MR) is 113 cm³/mol. The third-order valence-electron chi connectivity index (χ3n) is 4.80. The lowest BCUT2D eigenvalue weighted by Crippen LogP contribution is -2.01. The van der Waals surface area contributed by atoms with Crippen molar-refractivity contribution in [3.8, 4) is 45.3 Å². The van der Waals surface area contributed by atoms with Crippen LogP contribution in [0.3, 0.4) is 0 Å². The molecule has 0 spiro atoms. The standard InChI is InChI=1S/C24H18N2O2/c25-15-4-8-17(9-5-15)27-19-12-13-21-22(14-19)20-2-1-3-23(24(20)21)28-18-10-6-16(26)7-11-18/h1-14H,25-26H2. The second-order valence-electron chi connectivity index (χ2n) is 6.73. The third kappa shape index (κ3) is 2.81. The highest BCUT2D eigenvalue weighted by Gasteiger charge is 2.26. The Labute approximate surface area is 163 Å². The molecule has 1 aliphatic rings. The molecule has 5 rings (SSSR count). The first-order chi connectivity index (χ1) is 13.7. The van der Waals surface area contributed by atoms with Crippen LogP contribution >= 0.6 is 0 Å². The molecule has 1 aliphatic carbocycles. The van der Waals surface area contributed by atoms with Crippen molar-refractivity contribution in [2.75, 3.05) is 11.5 Å². The molecule has 4 N–H and O–H groups in total. The number of benzene rings is 4. The second kappa shape index (κ2) is 6.35. The van der Waals surface area contributed by atoms with Crippen LogP contribution in [-0.2, 0) is 0 Å². The lowest BCUT2D eigenvalue weighted by molar-refractivity contribution is 0.481. The summed E-state index contributed by atoms with van der Waals surface area (Å²) in [5, 5.41) is 0. The van der Waals surface area contributed by atoms with Gasteiger partial charge in [0.2, 0.25) is 0 Å². The summed E-state index contributed by atoms with van der Waals surface area (Å²) < 4.78 is 12.0. The summed E-state index contributed by atoms with van der Waals surface area (Å²) in [4.78, 5) is 0. The SMILES string of the molecule is Nc1ccc(Oc2ccc3c(c2)-c2cccc(Oc4ccc(N)cc4)c2-3)cc1. The minimum Gasteiger partial charge on any atom is -0.457 e. The van der Waals surface area contributed by atoms with Crippen molar-refractivity contribution in [2.45, 2.75) is 0 Å². The monoisotopic (exact) mass is 366 g/mol. The molecule has 0 atom stereocenters. The lowest BCUT2D eigenvalue weighted by atomic mass is 9.80.